The summed E-state index contributed by atoms with van der Waals surface area (Å²) >= 11 is 0. The third-order valence-corrected chi connectivity index (χ3v) is 3.34. The molecule has 0 aliphatic rings. The van der Waals surface area contributed by atoms with E-state index in [4.69, 9.17) is 0 Å². The molecule has 0 aromatic heterocycles. The quantitative estimate of drug-likeness (QED) is 0.577. The summed E-state index contributed by atoms with van der Waals surface area (Å²) < 4.78 is 20.7. The molecule has 0 N–H and O–H groups in total. The highest BCUT2D eigenvalue weighted by Gasteiger charge is 2.22. The van der Waals surface area contributed by atoms with Crippen molar-refractivity contribution in [1.29, 1.82) is 0 Å². The minimum atomic E-state index is -2.84. The monoisotopic (exact) mass is 182 g/mol. The lowest BCUT2D eigenvalue weighted by molar-refractivity contribution is 0.566. The normalized spacial score (nSPS) is 10.7. The molecule has 0 saturated heterocycles. The van der Waals surface area contributed by atoms with E-state index in [2.05, 4.69) is 0 Å². The zero-order valence-electron chi connectivity index (χ0n) is 7.72. The molecule has 0 radical (unpaired) electrons. The van der Waals surface area contributed by atoms with E-state index in [9.17, 15) is 8.42 Å². The van der Waals surface area contributed by atoms with Gasteiger partial charge in [-0.25, -0.2) is 8.42 Å². The molecule has 0 heterocycles. The van der Waals surface area contributed by atoms with Crippen molar-refractivity contribution in [3.8, 4) is 0 Å². The Hall–Kier alpha value is -0.0500. The Kier molecular flexibility index (Phi) is 8.70. The zero-order chi connectivity index (χ0) is 9.00. The maximum Gasteiger partial charge on any atom is 0.152 e. The summed E-state index contributed by atoms with van der Waals surface area (Å²) in [7, 11) is -2.84. The molecule has 0 aliphatic heterocycles. The second-order valence-corrected chi connectivity index (χ2v) is 5.65. The third kappa shape index (κ3) is 7.85. The molecule has 2 nitrogen and oxygen atoms in total. The molecule has 0 saturated carbocycles. The second kappa shape index (κ2) is 5.58. The van der Waals surface area contributed by atoms with Gasteiger partial charge in [0, 0.05) is 6.26 Å². The van der Waals surface area contributed by atoms with E-state index in [-0.39, 0.29) is 7.43 Å². The van der Waals surface area contributed by atoms with Crippen LogP contribution >= 0.6 is 0 Å². The summed E-state index contributed by atoms with van der Waals surface area (Å²) in [5, 5.41) is 0. The van der Waals surface area contributed by atoms with Crippen LogP contribution in [0.15, 0.2) is 0 Å². The van der Waals surface area contributed by atoms with Gasteiger partial charge in [0.2, 0.25) is 0 Å². The van der Waals surface area contributed by atoms with E-state index >= 15 is 0 Å². The Labute approximate surface area is 71.9 Å². The average molecular weight is 182 g/mol. The lowest BCUT2D eigenvalue weighted by atomic mass is 10.3. The van der Waals surface area contributed by atoms with Crippen LogP contribution in [-0.4, -0.2) is 19.4 Å². The van der Waals surface area contributed by atoms with E-state index < -0.39 is 14.6 Å². The molecule has 0 aromatic carbocycles. The van der Waals surface area contributed by atoms with Crippen LogP contribution in [0.2, 0.25) is 0 Å². The first-order chi connectivity index (χ1) is 4.25. The molecule has 0 amide bonds. The van der Waals surface area contributed by atoms with Crippen LogP contribution in [0.4, 0.5) is 0 Å². The molecule has 11 heavy (non-hydrogen) atoms. The van der Waals surface area contributed by atoms with Crippen LogP contribution < -0.4 is 0 Å². The fourth-order valence-electron chi connectivity index (χ4n) is 0. The summed E-state index contributed by atoms with van der Waals surface area (Å²) in [4.78, 5) is 0. The van der Waals surface area contributed by atoms with E-state index in [1.165, 1.54) is 6.26 Å². The van der Waals surface area contributed by atoms with E-state index in [0.29, 0.717) is 0 Å². The summed E-state index contributed by atoms with van der Waals surface area (Å²) in [5.41, 5.74) is 0. The summed E-state index contributed by atoms with van der Waals surface area (Å²) in [6, 6.07) is 0. The lowest BCUT2D eigenvalue weighted by Crippen LogP contribution is -2.26. The summed E-state index contributed by atoms with van der Waals surface area (Å²) in [5.74, 6) is 0. The SMILES string of the molecule is C.CC.CC(C)(C)S(C)(=O)=O. The number of rotatable bonds is 0. The van der Waals surface area contributed by atoms with Crippen molar-refractivity contribution in [2.24, 2.45) is 0 Å². The standard InChI is InChI=1S/C5H12O2S.C2H6.CH4/c1-5(2,3)8(4,6)7;1-2;/h1-4H3;1-2H3;1H4. The van der Waals surface area contributed by atoms with Crippen LogP contribution in [-0.2, 0) is 9.84 Å². The van der Waals surface area contributed by atoms with Crippen LogP contribution in [0.3, 0.4) is 0 Å². The van der Waals surface area contributed by atoms with Gasteiger partial charge in [0.15, 0.2) is 9.84 Å². The average Bonchev–Trinajstić information content (AvgIpc) is 1.66. The summed E-state index contributed by atoms with van der Waals surface area (Å²) in [6.07, 6.45) is 1.24. The van der Waals surface area contributed by atoms with Gasteiger partial charge >= 0.3 is 0 Å². The van der Waals surface area contributed by atoms with Gasteiger partial charge in [-0.1, -0.05) is 21.3 Å². The van der Waals surface area contributed by atoms with Crippen molar-refractivity contribution >= 4 is 9.84 Å². The van der Waals surface area contributed by atoms with Gasteiger partial charge < -0.3 is 0 Å². The number of hydrogen-bond acceptors (Lipinski definition) is 2. The molecule has 0 atom stereocenters. The molecule has 0 rings (SSSR count). The molecule has 72 valence electrons. The molecule has 0 fully saturated rings. The van der Waals surface area contributed by atoms with Crippen molar-refractivity contribution in [3.05, 3.63) is 0 Å². The number of sulfone groups is 1. The van der Waals surface area contributed by atoms with Crippen LogP contribution in [0.5, 0.6) is 0 Å². The molecular formula is C8H22O2S. The Bertz CT molecular complexity index is 161. The number of hydrogen-bond donors (Lipinski definition) is 0. The molecule has 0 aliphatic carbocycles. The van der Waals surface area contributed by atoms with Gasteiger partial charge in [-0.15, -0.1) is 0 Å². The Morgan fingerprint density at radius 1 is 1.00 bits per heavy atom. The predicted molar refractivity (Wildman–Crippen MR) is 52.7 cm³/mol. The Morgan fingerprint density at radius 2 is 1.09 bits per heavy atom. The first-order valence-corrected chi connectivity index (χ1v) is 5.34. The molecule has 0 unspecified atom stereocenters. The van der Waals surface area contributed by atoms with Gasteiger partial charge in [0.05, 0.1) is 4.75 Å². The van der Waals surface area contributed by atoms with Crippen molar-refractivity contribution in [1.82, 2.24) is 0 Å². The Balaban J connectivity index is -0.000000196. The van der Waals surface area contributed by atoms with E-state index in [1.807, 2.05) is 13.8 Å². The largest absolute Gasteiger partial charge is 0.229 e. The fourth-order valence-corrected chi connectivity index (χ4v) is 0. The highest BCUT2D eigenvalue weighted by Crippen LogP contribution is 2.11. The van der Waals surface area contributed by atoms with E-state index in [1.54, 1.807) is 20.8 Å². The first-order valence-electron chi connectivity index (χ1n) is 3.45. The van der Waals surface area contributed by atoms with Crippen molar-refractivity contribution < 1.29 is 8.42 Å². The molecule has 0 aromatic rings. The van der Waals surface area contributed by atoms with Crippen LogP contribution in [0.1, 0.15) is 42.0 Å². The third-order valence-electron chi connectivity index (χ3n) is 1.11. The Morgan fingerprint density at radius 3 is 1.09 bits per heavy atom. The molecule has 3 heteroatoms. The van der Waals surface area contributed by atoms with Gasteiger partial charge in [-0.2, -0.15) is 0 Å². The van der Waals surface area contributed by atoms with Gasteiger partial charge in [-0.3, -0.25) is 0 Å². The van der Waals surface area contributed by atoms with Gasteiger partial charge in [0.25, 0.3) is 0 Å². The smallest absolute Gasteiger partial charge is 0.152 e. The first kappa shape index (κ1) is 17.2. The van der Waals surface area contributed by atoms with Crippen LogP contribution in [0, 0.1) is 0 Å². The van der Waals surface area contributed by atoms with Gasteiger partial charge in [0.1, 0.15) is 0 Å². The maximum absolute atomic E-state index is 10.7. The minimum absolute atomic E-state index is 0. The minimum Gasteiger partial charge on any atom is -0.229 e. The highest BCUT2D eigenvalue weighted by molar-refractivity contribution is 7.92. The second-order valence-electron chi connectivity index (χ2n) is 2.88. The van der Waals surface area contributed by atoms with Crippen molar-refractivity contribution in [2.45, 2.75) is 46.8 Å². The lowest BCUT2D eigenvalue weighted by Gasteiger charge is -2.14. The molecule has 0 spiro atoms. The molecular weight excluding hydrogens is 160 g/mol. The van der Waals surface area contributed by atoms with Crippen LogP contribution in [0.25, 0.3) is 0 Å². The highest BCUT2D eigenvalue weighted by atomic mass is 32.2. The maximum atomic E-state index is 10.7. The zero-order valence-corrected chi connectivity index (χ0v) is 8.54. The van der Waals surface area contributed by atoms with E-state index in [0.717, 1.165) is 0 Å². The molecule has 0 bridgehead atoms. The predicted octanol–water partition coefficient (Wildman–Crippen LogP) is 2.49. The fraction of sp³-hybridized carbons (Fsp3) is 1.00. The van der Waals surface area contributed by atoms with Gasteiger partial charge in [-0.05, 0) is 20.8 Å². The summed E-state index contributed by atoms with van der Waals surface area (Å²) in [6.45, 7) is 9.05. The topological polar surface area (TPSA) is 34.1 Å². The van der Waals surface area contributed by atoms with Crippen molar-refractivity contribution in [2.75, 3.05) is 6.26 Å². The van der Waals surface area contributed by atoms with Crippen molar-refractivity contribution in [3.63, 3.8) is 0 Å².